The van der Waals surface area contributed by atoms with Crippen LogP contribution in [0.15, 0.2) is 42.6 Å². The standard InChI is InChI=1S/C19H21F3N4O2/c20-19(21,22)15-3-1-2-4-16(15)25-14-5-6-23-17(13-14)18(27)24-7-8-26-9-11-28-12-10-26/h1-6,13H,7-12H2,(H,23,25)(H,24,27). The minimum atomic E-state index is -4.48. The minimum Gasteiger partial charge on any atom is -0.379 e. The number of para-hydroxylation sites is 1. The predicted octanol–water partition coefficient (Wildman–Crippen LogP) is 2.91. The molecule has 6 nitrogen and oxygen atoms in total. The van der Waals surface area contributed by atoms with E-state index in [-0.39, 0.29) is 17.3 Å². The molecule has 9 heteroatoms. The van der Waals surface area contributed by atoms with Gasteiger partial charge in [0.1, 0.15) is 5.69 Å². The number of morpholine rings is 1. The molecule has 1 fully saturated rings. The van der Waals surface area contributed by atoms with Gasteiger partial charge in [0, 0.05) is 38.1 Å². The highest BCUT2D eigenvalue weighted by Crippen LogP contribution is 2.35. The summed E-state index contributed by atoms with van der Waals surface area (Å²) in [6.07, 6.45) is -3.09. The number of pyridine rings is 1. The van der Waals surface area contributed by atoms with E-state index in [0.29, 0.717) is 32.0 Å². The monoisotopic (exact) mass is 394 g/mol. The Morgan fingerprint density at radius 3 is 2.68 bits per heavy atom. The zero-order valence-corrected chi connectivity index (χ0v) is 15.1. The Bertz CT molecular complexity index is 808. The summed E-state index contributed by atoms with van der Waals surface area (Å²) in [5.41, 5.74) is -0.371. The second kappa shape index (κ2) is 9.03. The third-order valence-electron chi connectivity index (χ3n) is 4.32. The van der Waals surface area contributed by atoms with E-state index in [4.69, 9.17) is 4.74 Å². The molecule has 0 aliphatic carbocycles. The van der Waals surface area contributed by atoms with Crippen molar-refractivity contribution in [2.75, 3.05) is 44.7 Å². The summed E-state index contributed by atoms with van der Waals surface area (Å²) in [7, 11) is 0. The van der Waals surface area contributed by atoms with E-state index in [0.717, 1.165) is 19.2 Å². The Kier molecular flexibility index (Phi) is 6.48. The number of hydrogen-bond acceptors (Lipinski definition) is 5. The van der Waals surface area contributed by atoms with Crippen molar-refractivity contribution in [2.24, 2.45) is 0 Å². The maximum Gasteiger partial charge on any atom is 0.418 e. The number of aromatic nitrogens is 1. The van der Waals surface area contributed by atoms with Gasteiger partial charge in [-0.05, 0) is 24.3 Å². The second-order valence-corrected chi connectivity index (χ2v) is 6.31. The highest BCUT2D eigenvalue weighted by molar-refractivity contribution is 5.93. The minimum absolute atomic E-state index is 0.0834. The first kappa shape index (κ1) is 20.1. The van der Waals surface area contributed by atoms with Gasteiger partial charge in [-0.15, -0.1) is 0 Å². The number of hydrogen-bond donors (Lipinski definition) is 2. The fraction of sp³-hybridized carbons (Fsp3) is 0.368. The van der Waals surface area contributed by atoms with Crippen LogP contribution >= 0.6 is 0 Å². The third kappa shape index (κ3) is 5.43. The number of carbonyl (C=O) groups is 1. The van der Waals surface area contributed by atoms with Crippen LogP contribution in [0.4, 0.5) is 24.5 Å². The van der Waals surface area contributed by atoms with E-state index < -0.39 is 11.7 Å². The molecular formula is C19H21F3N4O2. The number of amides is 1. The predicted molar refractivity (Wildman–Crippen MR) is 98.6 cm³/mol. The molecule has 0 bridgehead atoms. The van der Waals surface area contributed by atoms with E-state index >= 15 is 0 Å². The van der Waals surface area contributed by atoms with Crippen LogP contribution in [0.3, 0.4) is 0 Å². The quantitative estimate of drug-likeness (QED) is 0.789. The van der Waals surface area contributed by atoms with Crippen LogP contribution in [-0.4, -0.2) is 55.2 Å². The fourth-order valence-electron chi connectivity index (χ4n) is 2.87. The Balaban J connectivity index is 1.62. The Morgan fingerprint density at radius 1 is 1.18 bits per heavy atom. The number of alkyl halides is 3. The average molecular weight is 394 g/mol. The molecule has 0 atom stereocenters. The summed E-state index contributed by atoms with van der Waals surface area (Å²) in [4.78, 5) is 18.5. The van der Waals surface area contributed by atoms with Crippen LogP contribution in [0.5, 0.6) is 0 Å². The van der Waals surface area contributed by atoms with Crippen molar-refractivity contribution in [1.82, 2.24) is 15.2 Å². The lowest BCUT2D eigenvalue weighted by Gasteiger charge is -2.26. The number of ether oxygens (including phenoxy) is 1. The SMILES string of the molecule is O=C(NCCN1CCOCC1)c1cc(Nc2ccccc2C(F)(F)F)ccn1. The van der Waals surface area contributed by atoms with Gasteiger partial charge in [-0.3, -0.25) is 14.7 Å². The Morgan fingerprint density at radius 2 is 1.93 bits per heavy atom. The molecule has 1 saturated heterocycles. The molecule has 1 amide bonds. The molecule has 1 aliphatic rings. The van der Waals surface area contributed by atoms with Gasteiger partial charge >= 0.3 is 6.18 Å². The van der Waals surface area contributed by atoms with Crippen LogP contribution in [0.1, 0.15) is 16.1 Å². The summed E-state index contributed by atoms with van der Waals surface area (Å²) in [5, 5.41) is 5.50. The van der Waals surface area contributed by atoms with Crippen molar-refractivity contribution in [2.45, 2.75) is 6.18 Å². The first-order valence-corrected chi connectivity index (χ1v) is 8.91. The first-order valence-electron chi connectivity index (χ1n) is 8.91. The molecule has 2 N–H and O–H groups in total. The summed E-state index contributed by atoms with van der Waals surface area (Å²) in [5.74, 6) is -0.374. The lowest BCUT2D eigenvalue weighted by Crippen LogP contribution is -2.41. The van der Waals surface area contributed by atoms with Gasteiger partial charge in [-0.2, -0.15) is 13.2 Å². The highest BCUT2D eigenvalue weighted by atomic mass is 19.4. The molecule has 1 aromatic carbocycles. The van der Waals surface area contributed by atoms with E-state index in [2.05, 4.69) is 20.5 Å². The molecule has 0 spiro atoms. The van der Waals surface area contributed by atoms with Crippen LogP contribution in [0, 0.1) is 0 Å². The van der Waals surface area contributed by atoms with Crippen molar-refractivity contribution in [3.8, 4) is 0 Å². The second-order valence-electron chi connectivity index (χ2n) is 6.31. The van der Waals surface area contributed by atoms with Gasteiger partial charge < -0.3 is 15.4 Å². The number of carbonyl (C=O) groups excluding carboxylic acids is 1. The van der Waals surface area contributed by atoms with E-state index in [1.54, 1.807) is 0 Å². The molecule has 1 aromatic heterocycles. The van der Waals surface area contributed by atoms with Gasteiger partial charge in [0.2, 0.25) is 0 Å². The van der Waals surface area contributed by atoms with Crippen molar-refractivity contribution in [3.63, 3.8) is 0 Å². The van der Waals surface area contributed by atoms with Crippen molar-refractivity contribution < 1.29 is 22.7 Å². The molecule has 0 saturated carbocycles. The van der Waals surface area contributed by atoms with E-state index in [1.165, 1.54) is 36.5 Å². The molecule has 3 rings (SSSR count). The molecule has 2 heterocycles. The maximum atomic E-state index is 13.1. The third-order valence-corrected chi connectivity index (χ3v) is 4.32. The summed E-state index contributed by atoms with van der Waals surface area (Å²) >= 11 is 0. The van der Waals surface area contributed by atoms with Crippen molar-refractivity contribution in [1.29, 1.82) is 0 Å². The number of nitrogens with one attached hydrogen (secondary N) is 2. The van der Waals surface area contributed by atoms with E-state index in [1.807, 2.05) is 0 Å². The topological polar surface area (TPSA) is 66.5 Å². The van der Waals surface area contributed by atoms with Gasteiger partial charge in [0.25, 0.3) is 5.91 Å². The number of rotatable bonds is 6. The lowest BCUT2D eigenvalue weighted by atomic mass is 10.1. The van der Waals surface area contributed by atoms with Crippen molar-refractivity contribution >= 4 is 17.3 Å². The van der Waals surface area contributed by atoms with Gasteiger partial charge in [-0.1, -0.05) is 12.1 Å². The zero-order chi connectivity index (χ0) is 20.0. The maximum absolute atomic E-state index is 13.1. The van der Waals surface area contributed by atoms with Gasteiger partial charge in [-0.25, -0.2) is 0 Å². The number of halogens is 3. The van der Waals surface area contributed by atoms with Crippen LogP contribution in [0.25, 0.3) is 0 Å². The zero-order valence-electron chi connectivity index (χ0n) is 15.1. The first-order chi connectivity index (χ1) is 13.4. The van der Waals surface area contributed by atoms with Crippen LogP contribution < -0.4 is 10.6 Å². The normalized spacial score (nSPS) is 15.2. The number of nitrogens with zero attached hydrogens (tertiary/aromatic N) is 2. The van der Waals surface area contributed by atoms with Crippen molar-refractivity contribution in [3.05, 3.63) is 53.9 Å². The fourth-order valence-corrected chi connectivity index (χ4v) is 2.87. The highest BCUT2D eigenvalue weighted by Gasteiger charge is 2.33. The molecule has 0 unspecified atom stereocenters. The van der Waals surface area contributed by atoms with E-state index in [9.17, 15) is 18.0 Å². The van der Waals surface area contributed by atoms with Crippen LogP contribution in [-0.2, 0) is 10.9 Å². The van der Waals surface area contributed by atoms with Gasteiger partial charge in [0.05, 0.1) is 24.5 Å². The summed E-state index contributed by atoms with van der Waals surface area (Å²) in [6.45, 7) is 4.17. The molecule has 28 heavy (non-hydrogen) atoms. The smallest absolute Gasteiger partial charge is 0.379 e. The number of benzene rings is 1. The van der Waals surface area contributed by atoms with Gasteiger partial charge in [0.15, 0.2) is 0 Å². The molecular weight excluding hydrogens is 373 g/mol. The Labute approximate surface area is 160 Å². The summed E-state index contributed by atoms with van der Waals surface area (Å²) < 4.78 is 44.6. The molecule has 0 radical (unpaired) electrons. The lowest BCUT2D eigenvalue weighted by molar-refractivity contribution is -0.136. The Hall–Kier alpha value is -2.65. The largest absolute Gasteiger partial charge is 0.418 e. The summed E-state index contributed by atoms with van der Waals surface area (Å²) in [6, 6.07) is 8.12. The molecule has 2 aromatic rings. The molecule has 150 valence electrons. The number of anilines is 2. The average Bonchev–Trinajstić information content (AvgIpc) is 2.68. The van der Waals surface area contributed by atoms with Crippen LogP contribution in [0.2, 0.25) is 0 Å². The molecule has 1 aliphatic heterocycles.